The van der Waals surface area contributed by atoms with Gasteiger partial charge in [0.05, 0.1) is 29.5 Å². The van der Waals surface area contributed by atoms with Crippen LogP contribution in [0.4, 0.5) is 5.69 Å². The quantitative estimate of drug-likeness (QED) is 0.247. The molecule has 4 aromatic rings. The maximum absolute atomic E-state index is 4.85. The Morgan fingerprint density at radius 1 is 0.932 bits per heavy atom. The normalized spacial score (nSPS) is 25.3. The third-order valence-corrected chi connectivity index (χ3v) is 10.5. The number of nitrogens with zero attached hydrogens (tertiary/aromatic N) is 3. The lowest BCUT2D eigenvalue weighted by molar-refractivity contribution is 0.462. The van der Waals surface area contributed by atoms with Crippen molar-refractivity contribution < 1.29 is 0 Å². The van der Waals surface area contributed by atoms with Crippen molar-refractivity contribution in [3.63, 3.8) is 0 Å². The number of aromatic nitrogens is 2. The Bertz CT molecular complexity index is 1970. The Hall–Kier alpha value is -4.67. The van der Waals surface area contributed by atoms with E-state index in [1.807, 2.05) is 6.20 Å². The highest BCUT2D eigenvalue weighted by Crippen LogP contribution is 2.53. The molecule has 0 saturated heterocycles. The molecule has 0 radical (unpaired) electrons. The predicted octanol–water partition coefficient (Wildman–Crippen LogP) is 7.99. The van der Waals surface area contributed by atoms with Gasteiger partial charge in [-0.25, -0.2) is 0 Å². The Labute approximate surface area is 259 Å². The third-order valence-electron chi connectivity index (χ3n) is 10.5. The first-order valence-electron chi connectivity index (χ1n) is 15.8. The summed E-state index contributed by atoms with van der Waals surface area (Å²) in [7, 11) is 0. The van der Waals surface area contributed by atoms with Crippen molar-refractivity contribution in [2.75, 3.05) is 11.4 Å². The zero-order valence-corrected chi connectivity index (χ0v) is 25.2. The molecular formula is C40H36N4. The molecule has 0 fully saturated rings. The van der Waals surface area contributed by atoms with Gasteiger partial charge in [0.1, 0.15) is 0 Å². The Kier molecular flexibility index (Phi) is 5.52. The number of hydrogen-bond acceptors (Lipinski definition) is 3. The number of hydrogen-bond donors (Lipinski definition) is 1. The van der Waals surface area contributed by atoms with E-state index in [0.717, 1.165) is 18.5 Å². The molecule has 0 spiro atoms. The van der Waals surface area contributed by atoms with E-state index in [4.69, 9.17) is 4.98 Å². The molecule has 216 valence electrons. The smallest absolute Gasteiger partial charge is 0.0724 e. The van der Waals surface area contributed by atoms with E-state index in [2.05, 4.69) is 144 Å². The molecule has 0 bridgehead atoms. The summed E-state index contributed by atoms with van der Waals surface area (Å²) in [5.74, 6) is 0.198. The molecule has 0 amide bonds. The number of nitrogens with one attached hydrogen (secondary N) is 1. The maximum atomic E-state index is 4.85. The van der Waals surface area contributed by atoms with Gasteiger partial charge in [0.15, 0.2) is 0 Å². The number of para-hydroxylation sites is 2. The Morgan fingerprint density at radius 2 is 1.75 bits per heavy atom. The van der Waals surface area contributed by atoms with Crippen molar-refractivity contribution in [3.8, 4) is 16.9 Å². The number of benzene rings is 2. The van der Waals surface area contributed by atoms with Gasteiger partial charge in [-0.05, 0) is 46.5 Å². The van der Waals surface area contributed by atoms with Gasteiger partial charge in [-0.15, -0.1) is 0 Å². The Balaban J connectivity index is 1.29. The van der Waals surface area contributed by atoms with Gasteiger partial charge in [-0.2, -0.15) is 0 Å². The number of anilines is 1. The number of rotatable bonds is 2. The standard InChI is InChI=1S/C40H36N4/c1-25-19-20-29-35(22-25)44(26-12-5-4-6-13-26)39-30-15-8-10-18-34(30)43(33-17-9-7-14-28(33)36(29)39)27-23-32-38(42-24-27)37-31(40(32,2)3)16-11-21-41-37/h4-21,23,27-28,33,38,42H,1,22,24H2,2-3H3/t27?,28?,33-,38?/m0/s1. The van der Waals surface area contributed by atoms with Gasteiger partial charge >= 0.3 is 0 Å². The first kappa shape index (κ1) is 25.8. The molecule has 2 aromatic carbocycles. The molecule has 4 heteroatoms. The molecule has 44 heavy (non-hydrogen) atoms. The predicted molar refractivity (Wildman–Crippen MR) is 180 cm³/mol. The topological polar surface area (TPSA) is 33.1 Å². The second-order valence-corrected chi connectivity index (χ2v) is 13.3. The van der Waals surface area contributed by atoms with E-state index in [0.29, 0.717) is 0 Å². The molecule has 4 atom stereocenters. The van der Waals surface area contributed by atoms with E-state index in [-0.39, 0.29) is 29.5 Å². The number of pyridine rings is 1. The average molecular weight is 573 g/mol. The molecule has 2 aliphatic heterocycles. The first-order chi connectivity index (χ1) is 21.5. The van der Waals surface area contributed by atoms with Crippen LogP contribution in [0.1, 0.15) is 53.9 Å². The van der Waals surface area contributed by atoms with E-state index in [9.17, 15) is 0 Å². The fourth-order valence-electron chi connectivity index (χ4n) is 8.58. The summed E-state index contributed by atoms with van der Waals surface area (Å²) in [6.07, 6.45) is 19.2. The van der Waals surface area contributed by atoms with Crippen LogP contribution >= 0.6 is 0 Å². The van der Waals surface area contributed by atoms with E-state index in [1.54, 1.807) is 0 Å². The fourth-order valence-corrected chi connectivity index (χ4v) is 8.58. The second kappa shape index (κ2) is 9.41. The van der Waals surface area contributed by atoms with Gasteiger partial charge in [-0.1, -0.05) is 105 Å². The Morgan fingerprint density at radius 3 is 2.64 bits per heavy atom. The summed E-state index contributed by atoms with van der Waals surface area (Å²) < 4.78 is 2.53. The van der Waals surface area contributed by atoms with Crippen LogP contribution in [0.5, 0.6) is 0 Å². The SMILES string of the molecule is C=C1C=Cc2c3c(n(-c4ccccc4)c2C1)-c1ccccc1N(C1C=C2C(NC1)c1ncccc1C2(C)C)[C@H]1C=CC=CC31. The summed E-state index contributed by atoms with van der Waals surface area (Å²) in [6.45, 7) is 9.95. The monoisotopic (exact) mass is 572 g/mol. The summed E-state index contributed by atoms with van der Waals surface area (Å²) in [5, 5.41) is 3.95. The van der Waals surface area contributed by atoms with Crippen LogP contribution in [0.2, 0.25) is 0 Å². The van der Waals surface area contributed by atoms with Gasteiger partial charge in [0.25, 0.3) is 0 Å². The molecule has 3 unspecified atom stereocenters. The van der Waals surface area contributed by atoms with E-state index < -0.39 is 0 Å². The molecule has 9 rings (SSSR count). The highest BCUT2D eigenvalue weighted by molar-refractivity contribution is 5.88. The zero-order valence-electron chi connectivity index (χ0n) is 25.2. The minimum absolute atomic E-state index is 0.0773. The summed E-state index contributed by atoms with van der Waals surface area (Å²) in [5.41, 5.74) is 14.2. The van der Waals surface area contributed by atoms with E-state index in [1.165, 1.54) is 56.3 Å². The van der Waals surface area contributed by atoms with Gasteiger partial charge < -0.3 is 14.8 Å². The third kappa shape index (κ3) is 3.52. The molecule has 4 nitrogen and oxygen atoms in total. The largest absolute Gasteiger partial charge is 0.356 e. The van der Waals surface area contributed by atoms with Crippen LogP contribution in [-0.4, -0.2) is 28.2 Å². The molecule has 5 aliphatic rings. The molecule has 4 heterocycles. The van der Waals surface area contributed by atoms with Crippen LogP contribution in [-0.2, 0) is 11.8 Å². The number of fused-ring (bicyclic) bond motifs is 10. The van der Waals surface area contributed by atoms with Crippen molar-refractivity contribution in [1.82, 2.24) is 14.9 Å². The van der Waals surface area contributed by atoms with Crippen molar-refractivity contribution in [3.05, 3.63) is 155 Å². The van der Waals surface area contributed by atoms with Crippen molar-refractivity contribution >= 4 is 11.8 Å². The fraction of sp³-hybridized carbons (Fsp3) is 0.225. The molecule has 2 aromatic heterocycles. The highest BCUT2D eigenvalue weighted by Gasteiger charge is 2.47. The highest BCUT2D eigenvalue weighted by atomic mass is 15.2. The van der Waals surface area contributed by atoms with Crippen molar-refractivity contribution in [1.29, 1.82) is 0 Å². The zero-order chi connectivity index (χ0) is 29.6. The minimum atomic E-state index is -0.0773. The van der Waals surface area contributed by atoms with Gasteiger partial charge in [-0.3, -0.25) is 4.98 Å². The van der Waals surface area contributed by atoms with Crippen LogP contribution in [0.25, 0.3) is 23.0 Å². The van der Waals surface area contributed by atoms with Crippen LogP contribution in [0.15, 0.2) is 127 Å². The van der Waals surface area contributed by atoms with Crippen LogP contribution in [0, 0.1) is 0 Å². The first-order valence-corrected chi connectivity index (χ1v) is 15.8. The van der Waals surface area contributed by atoms with E-state index >= 15 is 0 Å². The maximum Gasteiger partial charge on any atom is 0.0724 e. The van der Waals surface area contributed by atoms with Crippen LogP contribution in [0.3, 0.4) is 0 Å². The lowest BCUT2D eigenvalue weighted by Crippen LogP contribution is -2.51. The average Bonchev–Trinajstić information content (AvgIpc) is 3.45. The second-order valence-electron chi connectivity index (χ2n) is 13.3. The summed E-state index contributed by atoms with van der Waals surface area (Å²) in [6, 6.07) is 24.8. The minimum Gasteiger partial charge on any atom is -0.356 e. The lowest BCUT2D eigenvalue weighted by Gasteiger charge is -2.44. The molecule has 3 aliphatic carbocycles. The van der Waals surface area contributed by atoms with Crippen molar-refractivity contribution in [2.45, 2.75) is 49.7 Å². The lowest BCUT2D eigenvalue weighted by atomic mass is 9.79. The number of allylic oxidation sites excluding steroid dienone is 4. The summed E-state index contributed by atoms with van der Waals surface area (Å²) >= 11 is 0. The van der Waals surface area contributed by atoms with Gasteiger partial charge in [0.2, 0.25) is 0 Å². The molecular weight excluding hydrogens is 536 g/mol. The molecule has 1 N–H and O–H groups in total. The summed E-state index contributed by atoms with van der Waals surface area (Å²) in [4.78, 5) is 7.55. The van der Waals surface area contributed by atoms with Crippen LogP contribution < -0.4 is 10.2 Å². The van der Waals surface area contributed by atoms with Gasteiger partial charge in [0, 0.05) is 58.7 Å². The van der Waals surface area contributed by atoms with Crippen molar-refractivity contribution in [2.24, 2.45) is 0 Å². The molecule has 0 saturated carbocycles.